The Bertz CT molecular complexity index is 555. The lowest BCUT2D eigenvalue weighted by Gasteiger charge is -2.19. The zero-order chi connectivity index (χ0) is 14.0. The van der Waals surface area contributed by atoms with Gasteiger partial charge in [-0.3, -0.25) is 0 Å². The van der Waals surface area contributed by atoms with Crippen molar-refractivity contribution < 1.29 is 0 Å². The van der Waals surface area contributed by atoms with Gasteiger partial charge in [0.15, 0.2) is 0 Å². The van der Waals surface area contributed by atoms with Crippen LogP contribution in [0.25, 0.3) is 11.3 Å². The van der Waals surface area contributed by atoms with Crippen LogP contribution in [0.5, 0.6) is 0 Å². The van der Waals surface area contributed by atoms with E-state index in [1.165, 1.54) is 23.4 Å². The van der Waals surface area contributed by atoms with Crippen molar-refractivity contribution in [1.82, 2.24) is 10.3 Å². The van der Waals surface area contributed by atoms with Gasteiger partial charge >= 0.3 is 0 Å². The topological polar surface area (TPSA) is 24.9 Å². The van der Waals surface area contributed by atoms with Crippen LogP contribution < -0.4 is 5.32 Å². The van der Waals surface area contributed by atoms with Gasteiger partial charge in [0.05, 0.1) is 5.69 Å². The molecule has 2 aromatic rings. The van der Waals surface area contributed by atoms with Crippen LogP contribution in [0.4, 0.5) is 0 Å². The summed E-state index contributed by atoms with van der Waals surface area (Å²) in [5.74, 6) is 0.783. The smallest absolute Gasteiger partial charge is 0.107 e. The summed E-state index contributed by atoms with van der Waals surface area (Å²) >= 11 is 1.75. The van der Waals surface area contributed by atoms with Crippen LogP contribution in [0, 0.1) is 11.3 Å². The Labute approximate surface area is 125 Å². The maximum absolute atomic E-state index is 4.72. The van der Waals surface area contributed by atoms with E-state index in [2.05, 4.69) is 48.8 Å². The molecule has 0 amide bonds. The van der Waals surface area contributed by atoms with Gasteiger partial charge in [0.1, 0.15) is 5.01 Å². The second-order valence-electron chi connectivity index (χ2n) is 6.11. The van der Waals surface area contributed by atoms with Crippen molar-refractivity contribution in [2.45, 2.75) is 33.2 Å². The molecule has 20 heavy (non-hydrogen) atoms. The molecule has 1 heterocycles. The summed E-state index contributed by atoms with van der Waals surface area (Å²) in [4.78, 5) is 4.72. The molecule has 0 radical (unpaired) electrons. The van der Waals surface area contributed by atoms with Gasteiger partial charge < -0.3 is 5.32 Å². The Morgan fingerprint density at radius 1 is 1.25 bits per heavy atom. The minimum atomic E-state index is 0.569. The zero-order valence-corrected chi connectivity index (χ0v) is 13.0. The number of rotatable bonds is 6. The van der Waals surface area contributed by atoms with Gasteiger partial charge in [-0.15, -0.1) is 11.3 Å². The third-order valence-corrected chi connectivity index (χ3v) is 5.34. The summed E-state index contributed by atoms with van der Waals surface area (Å²) in [6, 6.07) is 10.4. The lowest BCUT2D eigenvalue weighted by molar-refractivity contribution is 0.338. The van der Waals surface area contributed by atoms with Gasteiger partial charge in [0.2, 0.25) is 0 Å². The number of thiazole rings is 1. The summed E-state index contributed by atoms with van der Waals surface area (Å²) in [5, 5.41) is 6.94. The first-order chi connectivity index (χ1) is 9.70. The van der Waals surface area contributed by atoms with Crippen molar-refractivity contribution in [3.8, 4) is 11.3 Å². The molecule has 0 spiro atoms. The standard InChI is InChI=1S/C17H22N2S/c1-13(2)17(8-9-17)12-18-10-16-19-15(11-20-16)14-6-4-3-5-7-14/h3-7,11,13,18H,8-10,12H2,1-2H3. The molecule has 0 aliphatic heterocycles. The molecule has 1 aromatic heterocycles. The third kappa shape index (κ3) is 2.94. The molecule has 3 rings (SSSR count). The number of hydrogen-bond acceptors (Lipinski definition) is 3. The van der Waals surface area contributed by atoms with Crippen LogP contribution in [0.15, 0.2) is 35.7 Å². The van der Waals surface area contributed by atoms with E-state index >= 15 is 0 Å². The highest BCUT2D eigenvalue weighted by molar-refractivity contribution is 7.09. The first-order valence-corrected chi connectivity index (χ1v) is 8.28. The first kappa shape index (κ1) is 13.8. The van der Waals surface area contributed by atoms with Gasteiger partial charge in [0, 0.05) is 24.0 Å². The van der Waals surface area contributed by atoms with Gasteiger partial charge in [-0.25, -0.2) is 4.98 Å². The van der Waals surface area contributed by atoms with E-state index in [1.54, 1.807) is 11.3 Å². The van der Waals surface area contributed by atoms with Crippen LogP contribution in [-0.2, 0) is 6.54 Å². The first-order valence-electron chi connectivity index (χ1n) is 7.40. The minimum absolute atomic E-state index is 0.569. The predicted molar refractivity (Wildman–Crippen MR) is 85.8 cm³/mol. The maximum atomic E-state index is 4.72. The van der Waals surface area contributed by atoms with Crippen LogP contribution in [-0.4, -0.2) is 11.5 Å². The molecular weight excluding hydrogens is 264 g/mol. The monoisotopic (exact) mass is 286 g/mol. The molecule has 106 valence electrons. The Hall–Kier alpha value is -1.19. The highest BCUT2D eigenvalue weighted by Gasteiger charge is 2.44. The van der Waals surface area contributed by atoms with E-state index in [1.807, 2.05) is 6.07 Å². The molecule has 2 nitrogen and oxygen atoms in total. The Morgan fingerprint density at radius 3 is 2.65 bits per heavy atom. The minimum Gasteiger partial charge on any atom is -0.310 e. The number of nitrogens with zero attached hydrogens (tertiary/aromatic N) is 1. The average Bonchev–Trinajstić information content (AvgIpc) is 3.11. The summed E-state index contributed by atoms with van der Waals surface area (Å²) in [5.41, 5.74) is 2.87. The molecule has 3 heteroatoms. The second-order valence-corrected chi connectivity index (χ2v) is 7.06. The van der Waals surface area contributed by atoms with Crippen molar-refractivity contribution >= 4 is 11.3 Å². The number of nitrogens with one attached hydrogen (secondary N) is 1. The van der Waals surface area contributed by atoms with Crippen LogP contribution in [0.2, 0.25) is 0 Å². The SMILES string of the molecule is CC(C)C1(CNCc2nc(-c3ccccc3)cs2)CC1. The van der Waals surface area contributed by atoms with Crippen LogP contribution in [0.3, 0.4) is 0 Å². The summed E-state index contributed by atoms with van der Waals surface area (Å²) in [7, 11) is 0. The van der Waals surface area contributed by atoms with Gasteiger partial charge in [-0.1, -0.05) is 44.2 Å². The molecule has 0 atom stereocenters. The summed E-state index contributed by atoms with van der Waals surface area (Å²) in [6.07, 6.45) is 2.76. The molecule has 1 aliphatic rings. The van der Waals surface area contributed by atoms with Crippen molar-refractivity contribution in [2.75, 3.05) is 6.54 Å². The molecule has 1 saturated carbocycles. The van der Waals surface area contributed by atoms with Gasteiger partial charge in [-0.2, -0.15) is 0 Å². The Balaban J connectivity index is 1.56. The quantitative estimate of drug-likeness (QED) is 0.854. The normalized spacial score (nSPS) is 16.6. The molecule has 1 aromatic carbocycles. The summed E-state index contributed by atoms with van der Waals surface area (Å²) in [6.45, 7) is 6.70. The number of benzene rings is 1. The zero-order valence-electron chi connectivity index (χ0n) is 12.2. The maximum Gasteiger partial charge on any atom is 0.107 e. The fourth-order valence-electron chi connectivity index (χ4n) is 2.67. The number of hydrogen-bond donors (Lipinski definition) is 1. The van der Waals surface area contributed by atoms with Gasteiger partial charge in [0.25, 0.3) is 0 Å². The Morgan fingerprint density at radius 2 is 2.00 bits per heavy atom. The van der Waals surface area contributed by atoms with E-state index in [9.17, 15) is 0 Å². The van der Waals surface area contributed by atoms with E-state index in [4.69, 9.17) is 4.98 Å². The van der Waals surface area contributed by atoms with Crippen molar-refractivity contribution in [1.29, 1.82) is 0 Å². The van der Waals surface area contributed by atoms with E-state index in [0.29, 0.717) is 5.41 Å². The molecule has 0 bridgehead atoms. The molecule has 0 unspecified atom stereocenters. The molecule has 1 aliphatic carbocycles. The molecule has 1 fully saturated rings. The highest BCUT2D eigenvalue weighted by atomic mass is 32.1. The van der Waals surface area contributed by atoms with E-state index in [-0.39, 0.29) is 0 Å². The fourth-order valence-corrected chi connectivity index (χ4v) is 3.44. The lowest BCUT2D eigenvalue weighted by Crippen LogP contribution is -2.27. The second kappa shape index (κ2) is 5.66. The molecule has 1 N–H and O–H groups in total. The molecule has 0 saturated heterocycles. The van der Waals surface area contributed by atoms with E-state index < -0.39 is 0 Å². The highest BCUT2D eigenvalue weighted by Crippen LogP contribution is 2.51. The van der Waals surface area contributed by atoms with Crippen LogP contribution in [0.1, 0.15) is 31.7 Å². The van der Waals surface area contributed by atoms with Crippen molar-refractivity contribution in [3.63, 3.8) is 0 Å². The predicted octanol–water partition coefficient (Wildman–Crippen LogP) is 4.34. The Kier molecular flexibility index (Phi) is 3.90. The third-order valence-electron chi connectivity index (χ3n) is 4.49. The largest absolute Gasteiger partial charge is 0.310 e. The summed E-state index contributed by atoms with van der Waals surface area (Å²) < 4.78 is 0. The number of aromatic nitrogens is 1. The van der Waals surface area contributed by atoms with Gasteiger partial charge in [-0.05, 0) is 24.2 Å². The van der Waals surface area contributed by atoms with E-state index in [0.717, 1.165) is 24.7 Å². The fraction of sp³-hybridized carbons (Fsp3) is 0.471. The van der Waals surface area contributed by atoms with Crippen molar-refractivity contribution in [3.05, 3.63) is 40.7 Å². The van der Waals surface area contributed by atoms with Crippen molar-refractivity contribution in [2.24, 2.45) is 11.3 Å². The average molecular weight is 286 g/mol. The molecular formula is C17H22N2S. The van der Waals surface area contributed by atoms with Crippen LogP contribution >= 0.6 is 11.3 Å². The lowest BCUT2D eigenvalue weighted by atomic mass is 9.92.